The van der Waals surface area contributed by atoms with Crippen LogP contribution in [0.4, 0.5) is 0 Å². The fourth-order valence-corrected chi connectivity index (χ4v) is 4.66. The molecule has 0 aliphatic carbocycles. The Morgan fingerprint density at radius 3 is 2.58 bits per heavy atom. The molecule has 2 amide bonds. The Kier molecular flexibility index (Phi) is 6.59. The van der Waals surface area contributed by atoms with Gasteiger partial charge in [-0.2, -0.15) is 0 Å². The summed E-state index contributed by atoms with van der Waals surface area (Å²) in [5.74, 6) is -0.116. The van der Waals surface area contributed by atoms with Gasteiger partial charge in [0.15, 0.2) is 0 Å². The lowest BCUT2D eigenvalue weighted by Gasteiger charge is -2.30. The third kappa shape index (κ3) is 4.98. The van der Waals surface area contributed by atoms with Crippen molar-refractivity contribution in [3.8, 4) is 11.1 Å². The van der Waals surface area contributed by atoms with Gasteiger partial charge in [-0.05, 0) is 62.4 Å². The normalized spacial score (nSPS) is 17.9. The van der Waals surface area contributed by atoms with E-state index in [1.54, 1.807) is 23.2 Å². The Hall–Kier alpha value is -3.47. The number of nitrogens with zero attached hydrogens (tertiary/aromatic N) is 2. The summed E-state index contributed by atoms with van der Waals surface area (Å²) in [5, 5.41) is 3.12. The molecule has 5 nitrogen and oxygen atoms in total. The molecule has 0 bridgehead atoms. The second-order valence-corrected chi connectivity index (χ2v) is 9.30. The molecule has 1 atom stereocenters. The van der Waals surface area contributed by atoms with Crippen LogP contribution in [0.3, 0.4) is 0 Å². The molecule has 0 unspecified atom stereocenters. The van der Waals surface area contributed by atoms with E-state index >= 15 is 0 Å². The van der Waals surface area contributed by atoms with Crippen molar-refractivity contribution in [1.29, 1.82) is 0 Å². The SMILES string of the molecule is Cc1cccc(-c2ccccc2C[C@]2(C(=O)NC(C)C)CCN(C(=O)c3ccccn3)C2)c1. The number of pyridine rings is 1. The number of carbonyl (C=O) groups is 2. The van der Waals surface area contributed by atoms with Gasteiger partial charge in [-0.25, -0.2) is 0 Å². The predicted molar refractivity (Wildman–Crippen MR) is 131 cm³/mol. The quantitative estimate of drug-likeness (QED) is 0.605. The average molecular weight is 442 g/mol. The van der Waals surface area contributed by atoms with Gasteiger partial charge in [-0.15, -0.1) is 0 Å². The number of nitrogens with one attached hydrogen (secondary N) is 1. The second-order valence-electron chi connectivity index (χ2n) is 9.30. The number of amides is 2. The highest BCUT2D eigenvalue weighted by Crippen LogP contribution is 2.38. The molecule has 1 aromatic heterocycles. The van der Waals surface area contributed by atoms with Crippen LogP contribution in [0.25, 0.3) is 11.1 Å². The number of likely N-dealkylation sites (tertiary alicyclic amines) is 1. The summed E-state index contributed by atoms with van der Waals surface area (Å²) in [7, 11) is 0. The average Bonchev–Trinajstić information content (AvgIpc) is 3.24. The Labute approximate surface area is 195 Å². The summed E-state index contributed by atoms with van der Waals surface area (Å²) < 4.78 is 0. The summed E-state index contributed by atoms with van der Waals surface area (Å²) in [5.41, 5.74) is 4.32. The van der Waals surface area contributed by atoms with Gasteiger partial charge in [0.05, 0.1) is 5.41 Å². The number of hydrogen-bond acceptors (Lipinski definition) is 3. The Morgan fingerprint density at radius 1 is 1.06 bits per heavy atom. The first kappa shape index (κ1) is 22.7. The van der Waals surface area contributed by atoms with Gasteiger partial charge < -0.3 is 10.2 Å². The minimum atomic E-state index is -0.686. The van der Waals surface area contributed by atoms with Gasteiger partial charge >= 0.3 is 0 Å². The van der Waals surface area contributed by atoms with E-state index in [1.165, 1.54) is 5.56 Å². The van der Waals surface area contributed by atoms with Crippen molar-refractivity contribution >= 4 is 11.8 Å². The van der Waals surface area contributed by atoms with E-state index in [2.05, 4.69) is 53.6 Å². The number of rotatable bonds is 6. The first-order valence-corrected chi connectivity index (χ1v) is 11.5. The standard InChI is InChI=1S/C28H31N3O2/c1-20(2)30-27(33)28(14-16-31(19-28)26(32)25-13-6-7-15-29-25)18-23-10-4-5-12-24(23)22-11-8-9-21(3)17-22/h4-13,15,17,20H,14,16,18-19H2,1-3H3,(H,30,33)/t28-/m1/s1. The van der Waals surface area contributed by atoms with Crippen molar-refractivity contribution in [2.75, 3.05) is 13.1 Å². The third-order valence-electron chi connectivity index (χ3n) is 6.30. The first-order chi connectivity index (χ1) is 15.9. The molecule has 3 aromatic rings. The maximum atomic E-state index is 13.5. The molecular formula is C28H31N3O2. The Morgan fingerprint density at radius 2 is 1.85 bits per heavy atom. The van der Waals surface area contributed by atoms with Crippen molar-refractivity contribution in [2.24, 2.45) is 5.41 Å². The highest BCUT2D eigenvalue weighted by Gasteiger charge is 2.46. The number of aryl methyl sites for hydroxylation is 1. The monoisotopic (exact) mass is 441 g/mol. The van der Waals surface area contributed by atoms with Crippen molar-refractivity contribution < 1.29 is 9.59 Å². The van der Waals surface area contributed by atoms with Crippen molar-refractivity contribution in [1.82, 2.24) is 15.2 Å². The van der Waals surface area contributed by atoms with E-state index in [-0.39, 0.29) is 17.9 Å². The van der Waals surface area contributed by atoms with Crippen LogP contribution in [-0.2, 0) is 11.2 Å². The smallest absolute Gasteiger partial charge is 0.272 e. The van der Waals surface area contributed by atoms with Crippen LogP contribution in [0, 0.1) is 12.3 Å². The summed E-state index contributed by atoms with van der Waals surface area (Å²) in [4.78, 5) is 32.6. The number of hydrogen-bond donors (Lipinski definition) is 1. The Balaban J connectivity index is 1.67. The van der Waals surface area contributed by atoms with Crippen LogP contribution >= 0.6 is 0 Å². The fraction of sp³-hybridized carbons (Fsp3) is 0.321. The molecule has 4 rings (SSSR count). The van der Waals surface area contributed by atoms with Gasteiger partial charge in [0.25, 0.3) is 5.91 Å². The molecular weight excluding hydrogens is 410 g/mol. The van der Waals surface area contributed by atoms with E-state index in [0.717, 1.165) is 16.7 Å². The molecule has 0 saturated carbocycles. The third-order valence-corrected chi connectivity index (χ3v) is 6.30. The zero-order chi connectivity index (χ0) is 23.4. The number of aromatic nitrogens is 1. The van der Waals surface area contributed by atoms with E-state index in [9.17, 15) is 9.59 Å². The van der Waals surface area contributed by atoms with Gasteiger partial charge in [-0.1, -0.05) is 60.2 Å². The molecule has 0 radical (unpaired) electrons. The highest BCUT2D eigenvalue weighted by molar-refractivity contribution is 5.94. The minimum Gasteiger partial charge on any atom is -0.353 e. The van der Waals surface area contributed by atoms with Gasteiger partial charge in [0.2, 0.25) is 5.91 Å². The van der Waals surface area contributed by atoms with E-state index in [0.29, 0.717) is 31.6 Å². The van der Waals surface area contributed by atoms with Crippen LogP contribution in [0.15, 0.2) is 72.9 Å². The van der Waals surface area contributed by atoms with E-state index in [4.69, 9.17) is 0 Å². The zero-order valence-corrected chi connectivity index (χ0v) is 19.5. The topological polar surface area (TPSA) is 62.3 Å². The number of benzene rings is 2. The molecule has 1 N–H and O–H groups in total. The molecule has 2 heterocycles. The summed E-state index contributed by atoms with van der Waals surface area (Å²) in [6.07, 6.45) is 2.81. The lowest BCUT2D eigenvalue weighted by Crippen LogP contribution is -2.47. The minimum absolute atomic E-state index is 0.00728. The van der Waals surface area contributed by atoms with Gasteiger partial charge in [0.1, 0.15) is 5.69 Å². The van der Waals surface area contributed by atoms with Crippen molar-refractivity contribution in [2.45, 2.75) is 39.7 Å². The zero-order valence-electron chi connectivity index (χ0n) is 19.5. The van der Waals surface area contributed by atoms with Gasteiger partial charge in [-0.3, -0.25) is 14.6 Å². The molecule has 1 aliphatic rings. The molecule has 2 aromatic carbocycles. The maximum absolute atomic E-state index is 13.5. The molecule has 33 heavy (non-hydrogen) atoms. The van der Waals surface area contributed by atoms with Crippen molar-refractivity contribution in [3.63, 3.8) is 0 Å². The second kappa shape index (κ2) is 9.57. The number of carbonyl (C=O) groups excluding carboxylic acids is 2. The van der Waals surface area contributed by atoms with Crippen LogP contribution in [0.5, 0.6) is 0 Å². The summed E-state index contributed by atoms with van der Waals surface area (Å²) >= 11 is 0. The molecule has 1 fully saturated rings. The first-order valence-electron chi connectivity index (χ1n) is 11.5. The fourth-order valence-electron chi connectivity index (χ4n) is 4.66. The van der Waals surface area contributed by atoms with Crippen LogP contribution in [0.1, 0.15) is 41.9 Å². The van der Waals surface area contributed by atoms with Crippen molar-refractivity contribution in [3.05, 3.63) is 89.7 Å². The summed E-state index contributed by atoms with van der Waals surface area (Å²) in [6, 6.07) is 22.1. The van der Waals surface area contributed by atoms with E-state index in [1.807, 2.05) is 32.0 Å². The molecule has 5 heteroatoms. The molecule has 170 valence electrons. The Bertz CT molecular complexity index is 1140. The molecule has 1 saturated heterocycles. The predicted octanol–water partition coefficient (Wildman–Crippen LogP) is 4.66. The maximum Gasteiger partial charge on any atom is 0.272 e. The highest BCUT2D eigenvalue weighted by atomic mass is 16.2. The van der Waals surface area contributed by atoms with E-state index < -0.39 is 5.41 Å². The lowest BCUT2D eigenvalue weighted by molar-refractivity contribution is -0.130. The van der Waals surface area contributed by atoms with Crippen LogP contribution < -0.4 is 5.32 Å². The summed E-state index contributed by atoms with van der Waals surface area (Å²) in [6.45, 7) is 6.94. The van der Waals surface area contributed by atoms with Gasteiger partial charge in [0, 0.05) is 25.3 Å². The molecule has 0 spiro atoms. The largest absolute Gasteiger partial charge is 0.353 e. The van der Waals surface area contributed by atoms with Crippen LogP contribution in [0.2, 0.25) is 0 Å². The lowest BCUT2D eigenvalue weighted by atomic mass is 9.78. The molecule has 1 aliphatic heterocycles. The van der Waals surface area contributed by atoms with Crippen LogP contribution in [-0.4, -0.2) is 40.8 Å².